The van der Waals surface area contributed by atoms with Gasteiger partial charge in [-0.05, 0) is 69.9 Å². The normalized spacial score (nSPS) is 31.0. The fourth-order valence-electron chi connectivity index (χ4n) is 7.07. The number of hydrogen-bond acceptors (Lipinski definition) is 7. The van der Waals surface area contributed by atoms with Crippen LogP contribution in [0.5, 0.6) is 0 Å². The molecule has 5 atom stereocenters. The van der Waals surface area contributed by atoms with Crippen LogP contribution >= 0.6 is 0 Å². The molecule has 0 bridgehead atoms. The maximum atomic E-state index is 14.5. The van der Waals surface area contributed by atoms with E-state index in [1.165, 1.54) is 0 Å². The van der Waals surface area contributed by atoms with E-state index in [0.717, 1.165) is 30.9 Å². The monoisotopic (exact) mass is 551 g/mol. The minimum absolute atomic E-state index is 0.0747. The number of rotatable bonds is 10. The summed E-state index contributed by atoms with van der Waals surface area (Å²) >= 11 is 0. The average Bonchev–Trinajstić information content (AvgIpc) is 3.23. The van der Waals surface area contributed by atoms with E-state index in [9.17, 15) is 19.5 Å². The second-order valence-corrected chi connectivity index (χ2v) is 11.0. The van der Waals surface area contributed by atoms with Crippen molar-refractivity contribution in [2.45, 2.75) is 63.7 Å². The standard InChI is InChI=1S/C31H41N3O6/c1-4-30-16-11-21-39-29(38)25(30)24-27(36)34(18-8-7-9-20-35)26-28(37)33(19-10-17-31(24,26)40-30)23-14-12-22(13-15-23)32(5-2)6-3/h10-17,24-26,35H,4-9,18-21H2,1-3H3/t24-,25-,26?,30+,31-/m0/s1. The number of ether oxygens (including phenoxy) is 2. The zero-order valence-corrected chi connectivity index (χ0v) is 23.8. The molecule has 9 heteroatoms. The minimum atomic E-state index is -1.29. The van der Waals surface area contributed by atoms with Crippen molar-refractivity contribution in [3.63, 3.8) is 0 Å². The van der Waals surface area contributed by atoms with Gasteiger partial charge in [0.2, 0.25) is 5.91 Å². The van der Waals surface area contributed by atoms with Crippen LogP contribution in [0.15, 0.2) is 48.6 Å². The smallest absolute Gasteiger partial charge is 0.313 e. The van der Waals surface area contributed by atoms with Crippen molar-refractivity contribution in [1.29, 1.82) is 0 Å². The Morgan fingerprint density at radius 3 is 2.38 bits per heavy atom. The molecule has 0 radical (unpaired) electrons. The molecule has 9 nitrogen and oxygen atoms in total. The average molecular weight is 552 g/mol. The van der Waals surface area contributed by atoms with Gasteiger partial charge in [0.15, 0.2) is 0 Å². The molecule has 0 saturated carbocycles. The number of carbonyl (C=O) groups is 3. The summed E-state index contributed by atoms with van der Waals surface area (Å²) in [4.78, 5) is 47.7. The van der Waals surface area contributed by atoms with Crippen LogP contribution in [0, 0.1) is 11.8 Å². The van der Waals surface area contributed by atoms with E-state index < -0.39 is 35.0 Å². The third-order valence-electron chi connectivity index (χ3n) is 9.04. The second kappa shape index (κ2) is 11.4. The molecule has 2 saturated heterocycles. The molecule has 4 aliphatic heterocycles. The van der Waals surface area contributed by atoms with Gasteiger partial charge in [-0.1, -0.05) is 25.2 Å². The van der Waals surface area contributed by atoms with E-state index in [4.69, 9.17) is 9.47 Å². The topological polar surface area (TPSA) is 99.6 Å². The Labute approximate surface area is 236 Å². The zero-order chi connectivity index (χ0) is 28.5. The van der Waals surface area contributed by atoms with E-state index >= 15 is 0 Å². The van der Waals surface area contributed by atoms with Gasteiger partial charge in [0.25, 0.3) is 5.91 Å². The summed E-state index contributed by atoms with van der Waals surface area (Å²) in [5.74, 6) is -2.64. The zero-order valence-electron chi connectivity index (χ0n) is 23.8. The van der Waals surface area contributed by atoms with Crippen LogP contribution in [-0.4, -0.2) is 84.4 Å². The molecule has 5 rings (SSSR count). The number of cyclic esters (lactones) is 1. The molecule has 0 aromatic heterocycles. The van der Waals surface area contributed by atoms with Crippen LogP contribution < -0.4 is 9.80 Å². The highest BCUT2D eigenvalue weighted by atomic mass is 16.6. The minimum Gasteiger partial charge on any atom is -0.461 e. The summed E-state index contributed by atoms with van der Waals surface area (Å²) in [6.45, 7) is 8.80. The van der Waals surface area contributed by atoms with Crippen molar-refractivity contribution in [3.8, 4) is 0 Å². The van der Waals surface area contributed by atoms with Gasteiger partial charge < -0.3 is 29.3 Å². The first kappa shape index (κ1) is 28.4. The predicted octanol–water partition coefficient (Wildman–Crippen LogP) is 3.07. The Bertz CT molecular complexity index is 1180. The van der Waals surface area contributed by atoms with Gasteiger partial charge in [-0.2, -0.15) is 0 Å². The number of benzene rings is 1. The number of amides is 2. The predicted molar refractivity (Wildman–Crippen MR) is 152 cm³/mol. The molecule has 0 aliphatic carbocycles. The van der Waals surface area contributed by atoms with Crippen LogP contribution in [0.4, 0.5) is 11.4 Å². The van der Waals surface area contributed by atoms with E-state index in [-0.39, 0.29) is 25.0 Å². The number of anilines is 2. The molecule has 216 valence electrons. The summed E-state index contributed by atoms with van der Waals surface area (Å²) in [5.41, 5.74) is -0.488. The molecule has 1 aromatic carbocycles. The fourth-order valence-corrected chi connectivity index (χ4v) is 7.07. The summed E-state index contributed by atoms with van der Waals surface area (Å²) in [7, 11) is 0. The van der Waals surface area contributed by atoms with Crippen molar-refractivity contribution in [2.24, 2.45) is 11.8 Å². The molecule has 2 amide bonds. The van der Waals surface area contributed by atoms with Gasteiger partial charge >= 0.3 is 5.97 Å². The molecule has 4 aliphatic rings. The van der Waals surface area contributed by atoms with E-state index in [1.54, 1.807) is 15.9 Å². The van der Waals surface area contributed by atoms with Gasteiger partial charge in [0, 0.05) is 44.2 Å². The number of carbonyl (C=O) groups excluding carboxylic acids is 3. The number of aliphatic hydroxyl groups excluding tert-OH is 1. The van der Waals surface area contributed by atoms with Crippen LogP contribution in [0.2, 0.25) is 0 Å². The van der Waals surface area contributed by atoms with E-state index in [0.29, 0.717) is 32.4 Å². The quantitative estimate of drug-likeness (QED) is 0.271. The second-order valence-electron chi connectivity index (χ2n) is 11.0. The fraction of sp³-hybridized carbons (Fsp3) is 0.581. The number of hydrogen-bond donors (Lipinski definition) is 1. The molecule has 1 unspecified atom stereocenters. The van der Waals surface area contributed by atoms with Crippen molar-refractivity contribution >= 4 is 29.2 Å². The third-order valence-corrected chi connectivity index (χ3v) is 9.04. The lowest BCUT2D eigenvalue weighted by molar-refractivity contribution is -0.157. The Balaban J connectivity index is 1.56. The Morgan fingerprint density at radius 2 is 1.70 bits per heavy atom. The number of unbranched alkanes of at least 4 members (excludes halogenated alkanes) is 2. The number of esters is 1. The Kier molecular flexibility index (Phi) is 8.06. The van der Waals surface area contributed by atoms with Gasteiger partial charge in [-0.15, -0.1) is 0 Å². The van der Waals surface area contributed by atoms with Gasteiger partial charge in [0.1, 0.15) is 29.8 Å². The Morgan fingerprint density at radius 1 is 0.950 bits per heavy atom. The molecule has 40 heavy (non-hydrogen) atoms. The highest BCUT2D eigenvalue weighted by Crippen LogP contribution is 2.58. The van der Waals surface area contributed by atoms with Crippen LogP contribution in [0.25, 0.3) is 0 Å². The number of likely N-dealkylation sites (tertiary alicyclic amines) is 1. The number of nitrogens with zero attached hydrogens (tertiary/aromatic N) is 3. The lowest BCUT2D eigenvalue weighted by Gasteiger charge is -2.38. The van der Waals surface area contributed by atoms with Crippen molar-refractivity contribution in [3.05, 3.63) is 48.6 Å². The highest BCUT2D eigenvalue weighted by Gasteiger charge is 2.75. The summed E-state index contributed by atoms with van der Waals surface area (Å²) in [6, 6.07) is 7.02. The first-order chi connectivity index (χ1) is 19.4. The summed E-state index contributed by atoms with van der Waals surface area (Å²) in [6.07, 6.45) is 9.84. The maximum Gasteiger partial charge on any atom is 0.313 e. The summed E-state index contributed by atoms with van der Waals surface area (Å²) in [5, 5.41) is 9.26. The lowest BCUT2D eigenvalue weighted by atomic mass is 9.73. The van der Waals surface area contributed by atoms with Gasteiger partial charge in [-0.25, -0.2) is 0 Å². The third kappa shape index (κ3) is 4.43. The van der Waals surface area contributed by atoms with Gasteiger partial charge in [-0.3, -0.25) is 14.4 Å². The first-order valence-electron chi connectivity index (χ1n) is 14.7. The van der Waals surface area contributed by atoms with E-state index in [1.807, 2.05) is 49.4 Å². The van der Waals surface area contributed by atoms with E-state index in [2.05, 4.69) is 18.7 Å². The summed E-state index contributed by atoms with van der Waals surface area (Å²) < 4.78 is 12.4. The highest BCUT2D eigenvalue weighted by molar-refractivity contribution is 6.05. The Hall–Kier alpha value is -3.17. The molecular weight excluding hydrogens is 510 g/mol. The largest absolute Gasteiger partial charge is 0.461 e. The van der Waals surface area contributed by atoms with Crippen molar-refractivity contribution < 1.29 is 29.0 Å². The molecule has 2 fully saturated rings. The molecule has 1 N–H and O–H groups in total. The molecule has 1 spiro atoms. The first-order valence-corrected chi connectivity index (χ1v) is 14.7. The lowest BCUT2D eigenvalue weighted by Crippen LogP contribution is -2.56. The molecular formula is C31H41N3O6. The molecule has 1 aromatic rings. The molecule has 4 heterocycles. The number of aliphatic hydroxyl groups is 1. The van der Waals surface area contributed by atoms with Crippen LogP contribution in [0.3, 0.4) is 0 Å². The maximum absolute atomic E-state index is 14.5. The van der Waals surface area contributed by atoms with Crippen LogP contribution in [0.1, 0.15) is 46.5 Å². The SMILES string of the molecule is CCN(CC)c1ccc(N2CC=C[C@]34O[C@]5(CC)C=CCOC(=O)[C@@H]5[C@H]3C(=O)N(CCCCCO)C4C2=O)cc1. The van der Waals surface area contributed by atoms with Crippen molar-refractivity contribution in [2.75, 3.05) is 49.2 Å². The number of fused-ring (bicyclic) bond motifs is 2. The van der Waals surface area contributed by atoms with Crippen LogP contribution in [-0.2, 0) is 23.9 Å². The van der Waals surface area contributed by atoms with Gasteiger partial charge in [0.05, 0.1) is 5.92 Å². The van der Waals surface area contributed by atoms with Crippen molar-refractivity contribution in [1.82, 2.24) is 4.90 Å².